The minimum absolute atomic E-state index is 0.103. The number of benzene rings is 1. The molecule has 0 aliphatic carbocycles. The van der Waals surface area contributed by atoms with Crippen molar-refractivity contribution in [2.24, 2.45) is 5.92 Å². The van der Waals surface area contributed by atoms with E-state index in [4.69, 9.17) is 20.0 Å². The highest BCUT2D eigenvalue weighted by molar-refractivity contribution is 5.95. The van der Waals surface area contributed by atoms with Gasteiger partial charge in [-0.15, -0.1) is 0 Å². The minimum atomic E-state index is -1.33. The fourth-order valence-electron chi connectivity index (χ4n) is 2.23. The molecule has 0 saturated heterocycles. The van der Waals surface area contributed by atoms with Crippen LogP contribution in [0, 0.1) is 28.6 Å². The van der Waals surface area contributed by atoms with Crippen molar-refractivity contribution < 1.29 is 19.1 Å². The number of nitrogens with one attached hydrogen (secondary N) is 2. The highest BCUT2D eigenvalue weighted by atomic mass is 16.6. The molecule has 2 N–H and O–H groups in total. The van der Waals surface area contributed by atoms with Crippen molar-refractivity contribution in [2.45, 2.75) is 52.3 Å². The minimum Gasteiger partial charge on any atom is -0.492 e. The molecule has 0 aliphatic rings. The Morgan fingerprint density at radius 1 is 1.14 bits per heavy atom. The van der Waals surface area contributed by atoms with Gasteiger partial charge in [0.15, 0.2) is 5.60 Å². The number of nitrogens with zero attached hydrogens (tertiary/aromatic N) is 2. The third-order valence-electron chi connectivity index (χ3n) is 3.74. The van der Waals surface area contributed by atoms with Gasteiger partial charge in [-0.3, -0.25) is 15.4 Å². The number of carbonyl (C=O) groups excluding carboxylic acids is 2. The first-order chi connectivity index (χ1) is 13.1. The Labute approximate surface area is 165 Å². The highest BCUT2D eigenvalue weighted by Crippen LogP contribution is 2.12. The number of imide groups is 1. The Morgan fingerprint density at radius 3 is 2.25 bits per heavy atom. The summed E-state index contributed by atoms with van der Waals surface area (Å²) >= 11 is 0. The molecule has 0 radical (unpaired) electrons. The molecule has 150 valence electrons. The Hall–Kier alpha value is -3.10. The molecule has 2 atom stereocenters. The van der Waals surface area contributed by atoms with E-state index in [1.165, 1.54) is 13.8 Å². The lowest BCUT2D eigenvalue weighted by atomic mass is 10.0. The smallest absolute Gasteiger partial charge is 0.415 e. The van der Waals surface area contributed by atoms with E-state index in [2.05, 4.69) is 10.6 Å². The molecule has 1 aromatic rings. The van der Waals surface area contributed by atoms with Crippen molar-refractivity contribution in [1.82, 2.24) is 10.6 Å². The zero-order valence-corrected chi connectivity index (χ0v) is 16.8. The van der Waals surface area contributed by atoms with E-state index >= 15 is 0 Å². The first-order valence-electron chi connectivity index (χ1n) is 8.92. The number of nitriles is 2. The summed E-state index contributed by atoms with van der Waals surface area (Å²) in [4.78, 5) is 24.2. The highest BCUT2D eigenvalue weighted by Gasteiger charge is 2.28. The molecular formula is C20H26N4O4. The molecule has 8 nitrogen and oxygen atoms in total. The van der Waals surface area contributed by atoms with Crippen molar-refractivity contribution in [3.05, 3.63) is 29.8 Å². The lowest BCUT2D eigenvalue weighted by Crippen LogP contribution is -2.53. The molecule has 0 aromatic heterocycles. The maximum Gasteiger partial charge on any atom is 0.415 e. The topological polar surface area (TPSA) is 124 Å². The van der Waals surface area contributed by atoms with Gasteiger partial charge in [-0.25, -0.2) is 4.79 Å². The average molecular weight is 386 g/mol. The van der Waals surface area contributed by atoms with Crippen LogP contribution < -0.4 is 15.4 Å². The Kier molecular flexibility index (Phi) is 8.43. The van der Waals surface area contributed by atoms with Crippen molar-refractivity contribution in [1.29, 1.82) is 10.5 Å². The standard InChI is InChI=1S/C20H26N4O4/c1-13(2)17(18(25)24-19(26)28-20(4,5)12-22)23-14(3)11-27-16-8-6-15(10-21)7-9-16/h6-9,13-14,17,23H,11H2,1-5H3,(H,24,25,26)/t14?,17-/m0/s1. The first kappa shape index (κ1) is 22.9. The average Bonchev–Trinajstić information content (AvgIpc) is 2.63. The second-order valence-electron chi connectivity index (χ2n) is 7.24. The van der Waals surface area contributed by atoms with Gasteiger partial charge in [0.1, 0.15) is 18.4 Å². The van der Waals surface area contributed by atoms with Crippen LogP contribution in [0.2, 0.25) is 0 Å². The Bertz CT molecular complexity index is 760. The van der Waals surface area contributed by atoms with E-state index in [1.807, 2.05) is 32.9 Å². The van der Waals surface area contributed by atoms with E-state index in [9.17, 15) is 9.59 Å². The normalized spacial score (nSPS) is 13.0. The van der Waals surface area contributed by atoms with Crippen LogP contribution in [-0.4, -0.2) is 36.3 Å². The van der Waals surface area contributed by atoms with E-state index in [0.717, 1.165) is 0 Å². The third kappa shape index (κ3) is 7.65. The Morgan fingerprint density at radius 2 is 1.75 bits per heavy atom. The Balaban J connectivity index is 2.60. The van der Waals surface area contributed by atoms with Gasteiger partial charge in [0.2, 0.25) is 5.91 Å². The summed E-state index contributed by atoms with van der Waals surface area (Å²) in [6.45, 7) is 8.68. The molecule has 28 heavy (non-hydrogen) atoms. The molecule has 2 amide bonds. The molecule has 0 heterocycles. The van der Waals surface area contributed by atoms with Gasteiger partial charge in [-0.2, -0.15) is 10.5 Å². The number of amides is 2. The molecule has 1 unspecified atom stereocenters. The summed E-state index contributed by atoms with van der Waals surface area (Å²) in [7, 11) is 0. The van der Waals surface area contributed by atoms with Crippen LogP contribution in [0.3, 0.4) is 0 Å². The fourth-order valence-corrected chi connectivity index (χ4v) is 2.23. The van der Waals surface area contributed by atoms with Gasteiger partial charge in [-0.05, 0) is 51.0 Å². The van der Waals surface area contributed by atoms with Crippen molar-refractivity contribution in [3.63, 3.8) is 0 Å². The number of carbonyl (C=O) groups is 2. The molecule has 1 aromatic carbocycles. The zero-order chi connectivity index (χ0) is 21.3. The second kappa shape index (κ2) is 10.3. The molecule has 0 spiro atoms. The number of rotatable bonds is 8. The van der Waals surface area contributed by atoms with E-state index in [0.29, 0.717) is 11.3 Å². The molecular weight excluding hydrogens is 360 g/mol. The van der Waals surface area contributed by atoms with Crippen LogP contribution in [-0.2, 0) is 9.53 Å². The van der Waals surface area contributed by atoms with Crippen molar-refractivity contribution >= 4 is 12.0 Å². The summed E-state index contributed by atoms with van der Waals surface area (Å²) < 4.78 is 10.6. The van der Waals surface area contributed by atoms with Gasteiger partial charge in [0.25, 0.3) is 0 Å². The van der Waals surface area contributed by atoms with Gasteiger partial charge in [0, 0.05) is 6.04 Å². The van der Waals surface area contributed by atoms with Crippen LogP contribution in [0.25, 0.3) is 0 Å². The molecule has 0 fully saturated rings. The maximum absolute atomic E-state index is 12.4. The summed E-state index contributed by atoms with van der Waals surface area (Å²) in [5, 5.41) is 23.0. The fraction of sp³-hybridized carbons (Fsp3) is 0.500. The quantitative estimate of drug-likeness (QED) is 0.703. The predicted molar refractivity (Wildman–Crippen MR) is 102 cm³/mol. The molecule has 1 rings (SSSR count). The largest absolute Gasteiger partial charge is 0.492 e. The lowest BCUT2D eigenvalue weighted by Gasteiger charge is -2.26. The van der Waals surface area contributed by atoms with Crippen LogP contribution in [0.1, 0.15) is 40.2 Å². The first-order valence-corrected chi connectivity index (χ1v) is 8.92. The second-order valence-corrected chi connectivity index (χ2v) is 7.24. The number of hydrogen-bond acceptors (Lipinski definition) is 7. The van der Waals surface area contributed by atoms with E-state index in [1.54, 1.807) is 24.3 Å². The van der Waals surface area contributed by atoms with Crippen LogP contribution in [0.5, 0.6) is 5.75 Å². The zero-order valence-electron chi connectivity index (χ0n) is 16.8. The van der Waals surface area contributed by atoms with E-state index in [-0.39, 0.29) is 18.6 Å². The molecule has 0 aliphatic heterocycles. The van der Waals surface area contributed by atoms with Gasteiger partial charge in [0.05, 0.1) is 17.7 Å². The monoisotopic (exact) mass is 386 g/mol. The van der Waals surface area contributed by atoms with Crippen molar-refractivity contribution in [3.8, 4) is 17.9 Å². The van der Waals surface area contributed by atoms with E-state index < -0.39 is 23.6 Å². The van der Waals surface area contributed by atoms with Gasteiger partial charge >= 0.3 is 6.09 Å². The lowest BCUT2D eigenvalue weighted by molar-refractivity contribution is -0.124. The third-order valence-corrected chi connectivity index (χ3v) is 3.74. The summed E-state index contributed by atoms with van der Waals surface area (Å²) in [6.07, 6.45) is -0.967. The van der Waals surface area contributed by atoms with Gasteiger partial charge in [-0.1, -0.05) is 13.8 Å². The molecule has 0 bridgehead atoms. The summed E-state index contributed by atoms with van der Waals surface area (Å²) in [5.41, 5.74) is -0.783. The summed E-state index contributed by atoms with van der Waals surface area (Å²) in [6, 6.07) is 9.73. The van der Waals surface area contributed by atoms with Crippen LogP contribution in [0.15, 0.2) is 24.3 Å². The maximum atomic E-state index is 12.4. The molecule has 8 heteroatoms. The number of hydrogen-bond donors (Lipinski definition) is 2. The number of ether oxygens (including phenoxy) is 2. The predicted octanol–water partition coefficient (Wildman–Crippen LogP) is 2.49. The SMILES string of the molecule is CC(COc1ccc(C#N)cc1)N[C@H](C(=O)NC(=O)OC(C)(C)C#N)C(C)C. The summed E-state index contributed by atoms with van der Waals surface area (Å²) in [5.74, 6) is -0.0337. The van der Waals surface area contributed by atoms with Crippen LogP contribution in [0.4, 0.5) is 4.79 Å². The van der Waals surface area contributed by atoms with Crippen molar-refractivity contribution in [2.75, 3.05) is 6.61 Å². The molecule has 0 saturated carbocycles. The van der Waals surface area contributed by atoms with Crippen LogP contribution >= 0.6 is 0 Å². The van der Waals surface area contributed by atoms with Gasteiger partial charge < -0.3 is 9.47 Å². The number of alkyl carbamates (subject to hydrolysis) is 1.